The fourth-order valence-electron chi connectivity index (χ4n) is 0.656. The smallest absolute Gasteiger partial charge is 0.376 e. The van der Waals surface area contributed by atoms with Crippen molar-refractivity contribution in [3.63, 3.8) is 0 Å². The maximum atomic E-state index is 11.0. The summed E-state index contributed by atoms with van der Waals surface area (Å²) in [7, 11) is 1.19. The zero-order chi connectivity index (χ0) is 11.0. The summed E-state index contributed by atoms with van der Waals surface area (Å²) in [6.07, 6.45) is 0.911. The van der Waals surface area contributed by atoms with Gasteiger partial charge in [0.1, 0.15) is 0 Å². The number of methoxy groups -OCH3 is 1. The summed E-state index contributed by atoms with van der Waals surface area (Å²) in [5, 5.41) is 0. The Morgan fingerprint density at radius 1 is 1.50 bits per heavy atom. The highest BCUT2D eigenvalue weighted by Gasteiger charge is 2.22. The van der Waals surface area contributed by atoms with E-state index in [0.717, 1.165) is 0 Å². The number of carbonyl (C=O) groups excluding carboxylic acids is 2. The van der Waals surface area contributed by atoms with Crippen molar-refractivity contribution in [2.24, 2.45) is 0 Å². The summed E-state index contributed by atoms with van der Waals surface area (Å²) in [4.78, 5) is 21.6. The molecule has 0 N–H and O–H groups in total. The van der Waals surface area contributed by atoms with Crippen molar-refractivity contribution in [3.8, 4) is 0 Å². The standard InChI is InChI=1S/C9H14O5/c1-4-5-6-13-9(8(11)12-3)14-7(2)10/h4,9H,1,5-6H2,2-3H3/t9-/m0/s1. The first-order valence-corrected chi connectivity index (χ1v) is 4.09. The van der Waals surface area contributed by atoms with Crippen LogP contribution in [0.15, 0.2) is 12.7 Å². The number of ether oxygens (including phenoxy) is 3. The zero-order valence-corrected chi connectivity index (χ0v) is 8.32. The Morgan fingerprint density at radius 2 is 2.14 bits per heavy atom. The average molecular weight is 202 g/mol. The highest BCUT2D eigenvalue weighted by molar-refractivity contribution is 5.77. The van der Waals surface area contributed by atoms with Crippen molar-refractivity contribution < 1.29 is 23.8 Å². The summed E-state index contributed by atoms with van der Waals surface area (Å²) in [5.74, 6) is -1.33. The van der Waals surface area contributed by atoms with Crippen LogP contribution in [0.25, 0.3) is 0 Å². The molecule has 0 saturated carbocycles. The van der Waals surface area contributed by atoms with Gasteiger partial charge in [0.05, 0.1) is 13.7 Å². The molecule has 0 rings (SSSR count). The first-order valence-electron chi connectivity index (χ1n) is 4.09. The van der Waals surface area contributed by atoms with Crippen LogP contribution >= 0.6 is 0 Å². The van der Waals surface area contributed by atoms with Gasteiger partial charge in [0.15, 0.2) is 0 Å². The molecular weight excluding hydrogens is 188 g/mol. The fraction of sp³-hybridized carbons (Fsp3) is 0.556. The molecule has 0 aliphatic carbocycles. The number of rotatable bonds is 6. The molecule has 0 heterocycles. The quantitative estimate of drug-likeness (QED) is 0.274. The van der Waals surface area contributed by atoms with Crippen LogP contribution in [-0.2, 0) is 23.8 Å². The van der Waals surface area contributed by atoms with Crippen LogP contribution in [0.4, 0.5) is 0 Å². The molecule has 5 nitrogen and oxygen atoms in total. The Labute approximate surface area is 82.6 Å². The summed E-state index contributed by atoms with van der Waals surface area (Å²) in [6.45, 7) is 4.91. The molecule has 0 radical (unpaired) electrons. The van der Waals surface area contributed by atoms with Gasteiger partial charge in [0, 0.05) is 6.92 Å². The molecule has 0 bridgehead atoms. The van der Waals surface area contributed by atoms with Gasteiger partial charge in [-0.15, -0.1) is 6.58 Å². The van der Waals surface area contributed by atoms with Gasteiger partial charge in [-0.05, 0) is 6.42 Å². The predicted molar refractivity (Wildman–Crippen MR) is 48.3 cm³/mol. The van der Waals surface area contributed by atoms with Crippen molar-refractivity contribution in [1.29, 1.82) is 0 Å². The van der Waals surface area contributed by atoms with E-state index in [-0.39, 0.29) is 6.61 Å². The molecule has 0 aromatic heterocycles. The molecule has 5 heteroatoms. The van der Waals surface area contributed by atoms with Crippen molar-refractivity contribution in [1.82, 2.24) is 0 Å². The zero-order valence-electron chi connectivity index (χ0n) is 8.32. The van der Waals surface area contributed by atoms with Crippen molar-refractivity contribution >= 4 is 11.9 Å². The van der Waals surface area contributed by atoms with E-state index in [1.165, 1.54) is 14.0 Å². The largest absolute Gasteiger partial charge is 0.464 e. The number of carbonyl (C=O) groups is 2. The van der Waals surface area contributed by atoms with E-state index in [1.54, 1.807) is 6.08 Å². The van der Waals surface area contributed by atoms with Crippen molar-refractivity contribution in [3.05, 3.63) is 12.7 Å². The minimum atomic E-state index is -1.28. The first-order chi connectivity index (χ1) is 6.61. The van der Waals surface area contributed by atoms with Crippen LogP contribution in [0.3, 0.4) is 0 Å². The van der Waals surface area contributed by atoms with E-state index in [1.807, 2.05) is 0 Å². The van der Waals surface area contributed by atoms with Gasteiger partial charge >= 0.3 is 18.2 Å². The topological polar surface area (TPSA) is 61.8 Å². The Morgan fingerprint density at radius 3 is 2.57 bits per heavy atom. The molecule has 0 spiro atoms. The average Bonchev–Trinajstić information content (AvgIpc) is 2.15. The molecule has 0 aromatic rings. The summed E-state index contributed by atoms with van der Waals surface area (Å²) >= 11 is 0. The second kappa shape index (κ2) is 7.08. The summed E-state index contributed by atoms with van der Waals surface area (Å²) in [5.41, 5.74) is 0. The molecule has 0 saturated heterocycles. The van der Waals surface area contributed by atoms with E-state index >= 15 is 0 Å². The lowest BCUT2D eigenvalue weighted by atomic mass is 10.4. The molecule has 1 atom stereocenters. The Kier molecular flexibility index (Phi) is 6.39. The van der Waals surface area contributed by atoms with Crippen LogP contribution in [0.1, 0.15) is 13.3 Å². The highest BCUT2D eigenvalue weighted by atomic mass is 16.7. The van der Waals surface area contributed by atoms with Crippen molar-refractivity contribution in [2.45, 2.75) is 19.6 Å². The number of esters is 2. The third kappa shape index (κ3) is 5.31. The second-order valence-electron chi connectivity index (χ2n) is 2.41. The molecule has 80 valence electrons. The van der Waals surface area contributed by atoms with Crippen LogP contribution in [0.2, 0.25) is 0 Å². The first kappa shape index (κ1) is 12.6. The minimum Gasteiger partial charge on any atom is -0.464 e. The summed E-state index contributed by atoms with van der Waals surface area (Å²) in [6, 6.07) is 0. The molecule has 0 amide bonds. The van der Waals surface area contributed by atoms with Crippen LogP contribution < -0.4 is 0 Å². The Bertz CT molecular complexity index is 211. The molecule has 0 aliphatic rings. The second-order valence-corrected chi connectivity index (χ2v) is 2.41. The van der Waals surface area contributed by atoms with Gasteiger partial charge in [0.25, 0.3) is 0 Å². The van der Waals surface area contributed by atoms with Gasteiger partial charge in [-0.25, -0.2) is 4.79 Å². The lowest BCUT2D eigenvalue weighted by molar-refractivity contribution is -0.197. The highest BCUT2D eigenvalue weighted by Crippen LogP contribution is 1.99. The van der Waals surface area contributed by atoms with E-state index in [2.05, 4.69) is 16.1 Å². The molecule has 0 unspecified atom stereocenters. The third-order valence-electron chi connectivity index (χ3n) is 1.26. The lowest BCUT2D eigenvalue weighted by Crippen LogP contribution is -2.30. The maximum absolute atomic E-state index is 11.0. The van der Waals surface area contributed by atoms with Crippen LogP contribution in [0.5, 0.6) is 0 Å². The van der Waals surface area contributed by atoms with Gasteiger partial charge in [-0.2, -0.15) is 0 Å². The van der Waals surface area contributed by atoms with Crippen LogP contribution in [-0.4, -0.2) is 31.9 Å². The van der Waals surface area contributed by atoms with Crippen molar-refractivity contribution in [2.75, 3.05) is 13.7 Å². The van der Waals surface area contributed by atoms with Gasteiger partial charge in [-0.1, -0.05) is 6.08 Å². The van der Waals surface area contributed by atoms with E-state index in [0.29, 0.717) is 6.42 Å². The Balaban J connectivity index is 4.03. The van der Waals surface area contributed by atoms with Gasteiger partial charge in [-0.3, -0.25) is 4.79 Å². The van der Waals surface area contributed by atoms with Gasteiger partial charge < -0.3 is 14.2 Å². The fourth-order valence-corrected chi connectivity index (χ4v) is 0.656. The minimum absolute atomic E-state index is 0.247. The monoisotopic (exact) mass is 202 g/mol. The molecule has 0 aromatic carbocycles. The third-order valence-corrected chi connectivity index (χ3v) is 1.26. The van der Waals surface area contributed by atoms with Crippen LogP contribution in [0, 0.1) is 0 Å². The lowest BCUT2D eigenvalue weighted by Gasteiger charge is -2.14. The SMILES string of the molecule is C=CCCO[C@@H](OC(C)=O)C(=O)OC. The normalized spacial score (nSPS) is 11.6. The number of hydrogen-bond acceptors (Lipinski definition) is 5. The van der Waals surface area contributed by atoms with E-state index in [9.17, 15) is 9.59 Å². The van der Waals surface area contributed by atoms with E-state index in [4.69, 9.17) is 4.74 Å². The summed E-state index contributed by atoms with van der Waals surface area (Å²) < 4.78 is 13.9. The molecular formula is C9H14O5. The number of hydrogen-bond donors (Lipinski definition) is 0. The Hall–Kier alpha value is -1.36. The predicted octanol–water partition coefficient (Wildman–Crippen LogP) is 0.641. The molecule has 14 heavy (non-hydrogen) atoms. The van der Waals surface area contributed by atoms with Gasteiger partial charge in [0.2, 0.25) is 0 Å². The molecule has 0 fully saturated rings. The van der Waals surface area contributed by atoms with E-state index < -0.39 is 18.2 Å². The molecule has 0 aliphatic heterocycles. The maximum Gasteiger partial charge on any atom is 0.376 e.